The van der Waals surface area contributed by atoms with Gasteiger partial charge in [0.1, 0.15) is 23.0 Å². The smallest absolute Gasteiger partial charge is 0.339 e. The van der Waals surface area contributed by atoms with Gasteiger partial charge in [-0.05, 0) is 111 Å². The van der Waals surface area contributed by atoms with Crippen LogP contribution in [0.3, 0.4) is 0 Å². The normalized spacial score (nSPS) is 13.0. The lowest BCUT2D eigenvalue weighted by molar-refractivity contribution is 0.0512. The van der Waals surface area contributed by atoms with Crippen LogP contribution in [-0.2, 0) is 46.7 Å². The number of hydrogen-bond donors (Lipinski definition) is 1. The molecule has 0 aliphatic heterocycles. The van der Waals surface area contributed by atoms with Crippen molar-refractivity contribution in [2.75, 3.05) is 33.0 Å². The Kier molecular flexibility index (Phi) is 16.3. The summed E-state index contributed by atoms with van der Waals surface area (Å²) in [7, 11) is 0. The summed E-state index contributed by atoms with van der Waals surface area (Å²) in [6.45, 7) is 32.1. The highest BCUT2D eigenvalue weighted by molar-refractivity contribution is 6.04. The fourth-order valence-corrected chi connectivity index (χ4v) is 8.40. The van der Waals surface area contributed by atoms with Gasteiger partial charge in [-0.3, -0.25) is 0 Å². The second-order valence-corrected chi connectivity index (χ2v) is 20.5. The number of carbonyl (C=O) groups is 2. The minimum absolute atomic E-state index is 0.00108. The Bertz CT molecular complexity index is 2300. The van der Waals surface area contributed by atoms with E-state index in [0.29, 0.717) is 69.0 Å². The van der Waals surface area contributed by atoms with Gasteiger partial charge >= 0.3 is 11.9 Å². The van der Waals surface area contributed by atoms with E-state index in [9.17, 15) is 14.7 Å². The molecule has 8 bridgehead atoms. The van der Waals surface area contributed by atoms with E-state index in [2.05, 4.69) is 119 Å². The predicted molar refractivity (Wildman–Crippen MR) is 259 cm³/mol. The molecule has 0 atom stereocenters. The molecule has 1 aliphatic rings. The van der Waals surface area contributed by atoms with Crippen molar-refractivity contribution in [2.45, 2.75) is 165 Å². The number of benzene rings is 4. The Morgan fingerprint density at radius 1 is 0.469 bits per heavy atom. The zero-order valence-corrected chi connectivity index (χ0v) is 41.5. The highest BCUT2D eigenvalue weighted by atomic mass is 16.5. The first kappa shape index (κ1) is 50.0. The van der Waals surface area contributed by atoms with Crippen molar-refractivity contribution in [3.8, 4) is 23.0 Å². The summed E-state index contributed by atoms with van der Waals surface area (Å²) in [4.78, 5) is 27.8. The summed E-state index contributed by atoms with van der Waals surface area (Å²) in [5.41, 5.74) is 9.71. The quantitative estimate of drug-likeness (QED) is 0.104. The van der Waals surface area contributed by atoms with E-state index >= 15 is 0 Å². The molecule has 4 aromatic carbocycles. The molecule has 0 radical (unpaired) electrons. The van der Waals surface area contributed by atoms with Crippen LogP contribution in [0.2, 0.25) is 0 Å². The maximum atomic E-state index is 14.3. The second-order valence-electron chi connectivity index (χ2n) is 20.5. The Morgan fingerprint density at radius 3 is 1.05 bits per heavy atom. The van der Waals surface area contributed by atoms with Gasteiger partial charge in [0.2, 0.25) is 0 Å². The molecular formula is C56H76O8. The van der Waals surface area contributed by atoms with E-state index in [0.717, 1.165) is 81.0 Å². The van der Waals surface area contributed by atoms with Crippen LogP contribution in [0.5, 0.6) is 23.0 Å². The number of aromatic carboxylic acids is 1. The predicted octanol–water partition coefficient (Wildman–Crippen LogP) is 13.3. The van der Waals surface area contributed by atoms with Crippen molar-refractivity contribution < 1.29 is 38.4 Å². The van der Waals surface area contributed by atoms with E-state index in [-0.39, 0.29) is 40.4 Å². The van der Waals surface area contributed by atoms with Crippen molar-refractivity contribution in [2.24, 2.45) is 0 Å². The fourth-order valence-electron chi connectivity index (χ4n) is 8.40. The van der Waals surface area contributed by atoms with E-state index in [1.54, 1.807) is 13.0 Å². The molecule has 8 nitrogen and oxygen atoms in total. The number of hydrogen-bond acceptors (Lipinski definition) is 7. The van der Waals surface area contributed by atoms with E-state index in [1.807, 2.05) is 6.92 Å². The molecule has 1 N–H and O–H groups in total. The number of carboxylic acid groups (broad SMARTS) is 1. The monoisotopic (exact) mass is 877 g/mol. The Balaban J connectivity index is 2.09. The van der Waals surface area contributed by atoms with Gasteiger partial charge in [0, 0.05) is 31.2 Å². The molecular weight excluding hydrogens is 801 g/mol. The van der Waals surface area contributed by atoms with E-state index in [4.69, 9.17) is 23.7 Å². The molecule has 0 amide bonds. The summed E-state index contributed by atoms with van der Waals surface area (Å²) < 4.78 is 33.0. The molecule has 0 heterocycles. The van der Waals surface area contributed by atoms with Crippen LogP contribution in [0.1, 0.15) is 205 Å². The average molecular weight is 877 g/mol. The Hall–Kier alpha value is -4.98. The zero-order chi connectivity index (χ0) is 47.1. The molecule has 4 aromatic rings. The molecule has 1 aliphatic carbocycles. The van der Waals surface area contributed by atoms with Crippen LogP contribution in [0, 0.1) is 0 Å². The molecule has 0 unspecified atom stereocenters. The molecule has 0 saturated carbocycles. The van der Waals surface area contributed by atoms with Gasteiger partial charge < -0.3 is 28.8 Å². The maximum absolute atomic E-state index is 14.3. The Morgan fingerprint density at radius 2 is 0.766 bits per heavy atom. The third-order valence-electron chi connectivity index (χ3n) is 11.8. The van der Waals surface area contributed by atoms with Crippen molar-refractivity contribution in [1.82, 2.24) is 0 Å². The summed E-state index contributed by atoms with van der Waals surface area (Å²) >= 11 is 0. The minimum atomic E-state index is -1.21. The number of ether oxygens (including phenoxy) is 5. The van der Waals surface area contributed by atoms with Crippen LogP contribution < -0.4 is 18.9 Å². The van der Waals surface area contributed by atoms with Crippen molar-refractivity contribution in [3.05, 3.63) is 115 Å². The molecule has 0 saturated heterocycles. The molecule has 64 heavy (non-hydrogen) atoms. The topological polar surface area (TPSA) is 101 Å². The first-order chi connectivity index (χ1) is 30.2. The second kappa shape index (κ2) is 20.9. The van der Waals surface area contributed by atoms with Gasteiger partial charge in [-0.25, -0.2) is 9.59 Å². The Labute approximate surface area is 384 Å². The number of carboxylic acids is 1. The molecule has 0 spiro atoms. The van der Waals surface area contributed by atoms with Gasteiger partial charge in [0.15, 0.2) is 0 Å². The van der Waals surface area contributed by atoms with Gasteiger partial charge in [-0.15, -0.1) is 0 Å². The summed E-state index contributed by atoms with van der Waals surface area (Å²) in [6, 6.07) is 15.2. The van der Waals surface area contributed by atoms with Crippen molar-refractivity contribution in [1.29, 1.82) is 0 Å². The average Bonchev–Trinajstić information content (AvgIpc) is 3.20. The summed E-state index contributed by atoms with van der Waals surface area (Å²) in [6.07, 6.45) is 4.66. The SMILES string of the molecule is CCCOc1c2cc(C(C)(C)C)cc1Cc1cc(C(C)(C)C)cc(c1OCCC)Cc1c(OCCC)c(cc(C(=O)O)c1C(=O)OCC)Cc1cc(C(C)(C)C)cc(c1OCCC)C2. The minimum Gasteiger partial charge on any atom is -0.493 e. The van der Waals surface area contributed by atoms with Gasteiger partial charge in [0.05, 0.1) is 44.2 Å². The van der Waals surface area contributed by atoms with Crippen LogP contribution in [-0.4, -0.2) is 50.1 Å². The van der Waals surface area contributed by atoms with E-state index in [1.165, 1.54) is 5.56 Å². The summed E-state index contributed by atoms with van der Waals surface area (Å²) in [5, 5.41) is 11.0. The molecule has 0 fully saturated rings. The maximum Gasteiger partial charge on any atom is 0.339 e. The number of fused-ring (bicyclic) bond motifs is 8. The number of esters is 1. The summed E-state index contributed by atoms with van der Waals surface area (Å²) in [5.74, 6) is 0.953. The van der Waals surface area contributed by atoms with Crippen LogP contribution >= 0.6 is 0 Å². The first-order valence-electron chi connectivity index (χ1n) is 23.8. The van der Waals surface area contributed by atoms with Gasteiger partial charge in [-0.2, -0.15) is 0 Å². The molecule has 348 valence electrons. The lowest BCUT2D eigenvalue weighted by atomic mass is 9.79. The van der Waals surface area contributed by atoms with Crippen molar-refractivity contribution >= 4 is 11.9 Å². The molecule has 5 rings (SSSR count). The molecule has 0 aromatic heterocycles. The highest BCUT2D eigenvalue weighted by Gasteiger charge is 2.32. The highest BCUT2D eigenvalue weighted by Crippen LogP contribution is 2.45. The van der Waals surface area contributed by atoms with E-state index < -0.39 is 11.9 Å². The lowest BCUT2D eigenvalue weighted by Crippen LogP contribution is -2.20. The standard InChI is InChI=1S/C56H76O8/c1-15-20-61-48-35-24-36-28-43(55(9,10)11)31-39(49(36)62-21-16-2)26-40-34-46(52(57)58)47(53(59)60-19-5)45(51(40)64-23-18-4)33-41-32-44(56(12,13)14)30-38(50(41)63-22-17-3)25-37(48)29-42(27-35)54(6,7)8/h27-32,34H,15-26,33H2,1-14H3,(H,57,58). The molecule has 8 heteroatoms. The van der Waals surface area contributed by atoms with Crippen LogP contribution in [0.4, 0.5) is 0 Å². The largest absolute Gasteiger partial charge is 0.493 e. The van der Waals surface area contributed by atoms with Gasteiger partial charge in [-0.1, -0.05) is 126 Å². The third-order valence-corrected chi connectivity index (χ3v) is 11.8. The first-order valence-corrected chi connectivity index (χ1v) is 23.8. The third kappa shape index (κ3) is 11.6. The van der Waals surface area contributed by atoms with Crippen LogP contribution in [0.25, 0.3) is 0 Å². The fraction of sp³-hybridized carbons (Fsp3) is 0.536. The number of carbonyl (C=O) groups excluding carboxylic acids is 1. The number of rotatable bonds is 15. The lowest BCUT2D eigenvalue weighted by Gasteiger charge is -2.29. The van der Waals surface area contributed by atoms with Crippen molar-refractivity contribution in [3.63, 3.8) is 0 Å². The van der Waals surface area contributed by atoms with Gasteiger partial charge in [0.25, 0.3) is 0 Å². The zero-order valence-electron chi connectivity index (χ0n) is 41.5. The van der Waals surface area contributed by atoms with Crippen LogP contribution in [0.15, 0.2) is 42.5 Å².